The second-order valence-electron chi connectivity index (χ2n) is 16.1. The minimum absolute atomic E-state index is 0.311. The van der Waals surface area contributed by atoms with Gasteiger partial charge in [0.25, 0.3) is 0 Å². The summed E-state index contributed by atoms with van der Waals surface area (Å²) in [7, 11) is 0. The summed E-state index contributed by atoms with van der Waals surface area (Å²) >= 11 is 0. The molecule has 0 aliphatic carbocycles. The highest BCUT2D eigenvalue weighted by Gasteiger charge is 2.16. The van der Waals surface area contributed by atoms with Gasteiger partial charge in [0.15, 0.2) is 0 Å². The van der Waals surface area contributed by atoms with Crippen LogP contribution in [0.4, 0.5) is 0 Å². The standard InChI is InChI=1S/C46H74O2/c1-34(2)18-12-19-35(3)20-13-21-36(4)22-14-23-37(5)24-15-25-38(6)26-16-27-39(7)28-17-29-40(8)32-33-42-41(9)45(47)43-30-10-11-31-44(43)46(42)48/h10-11,18,20,26,30-31,36-37,39-40,47-48H,12-17,19,21-25,27-29,32-33H2,1-9H3/b35-20+,38-26+. The first kappa shape index (κ1) is 41.7. The quantitative estimate of drug-likeness (QED) is 0.0870. The van der Waals surface area contributed by atoms with Gasteiger partial charge in [0, 0.05) is 16.3 Å². The number of aromatic hydroxyl groups is 2. The van der Waals surface area contributed by atoms with Crippen molar-refractivity contribution in [2.75, 3.05) is 0 Å². The molecule has 2 rings (SSSR count). The van der Waals surface area contributed by atoms with E-state index in [2.05, 4.69) is 73.6 Å². The molecule has 2 N–H and O–H groups in total. The van der Waals surface area contributed by atoms with E-state index in [9.17, 15) is 10.2 Å². The Bertz CT molecular complexity index is 1290. The number of phenolic OH excluding ortho intramolecular Hbond substituents is 2. The number of hydrogen-bond donors (Lipinski definition) is 2. The highest BCUT2D eigenvalue weighted by molar-refractivity contribution is 5.95. The van der Waals surface area contributed by atoms with Crippen LogP contribution in [-0.4, -0.2) is 10.2 Å². The van der Waals surface area contributed by atoms with E-state index in [0.717, 1.165) is 52.5 Å². The summed E-state index contributed by atoms with van der Waals surface area (Å²) in [6, 6.07) is 7.60. The molecular weight excluding hydrogens is 585 g/mol. The number of allylic oxidation sites excluding steroid dienone is 6. The number of fused-ring (bicyclic) bond motifs is 1. The molecule has 4 atom stereocenters. The van der Waals surface area contributed by atoms with E-state index in [1.54, 1.807) is 11.1 Å². The summed E-state index contributed by atoms with van der Waals surface area (Å²) < 4.78 is 0. The summed E-state index contributed by atoms with van der Waals surface area (Å²) in [5.74, 6) is 3.71. The first-order valence-corrected chi connectivity index (χ1v) is 19.8. The summed E-state index contributed by atoms with van der Waals surface area (Å²) in [5, 5.41) is 23.1. The Morgan fingerprint density at radius 1 is 0.562 bits per heavy atom. The number of phenols is 2. The molecule has 0 aliphatic heterocycles. The summed E-state index contributed by atoms with van der Waals surface area (Å²) in [6.07, 6.45) is 28.6. The largest absolute Gasteiger partial charge is 0.507 e. The smallest absolute Gasteiger partial charge is 0.127 e. The molecule has 0 fully saturated rings. The molecule has 0 aromatic heterocycles. The van der Waals surface area contributed by atoms with Crippen molar-refractivity contribution in [3.05, 3.63) is 70.3 Å². The van der Waals surface area contributed by atoms with Crippen LogP contribution in [0.1, 0.15) is 169 Å². The summed E-state index contributed by atoms with van der Waals surface area (Å²) in [6.45, 7) is 20.6. The van der Waals surface area contributed by atoms with Crippen molar-refractivity contribution in [2.24, 2.45) is 23.7 Å². The Labute approximate surface area is 297 Å². The van der Waals surface area contributed by atoms with E-state index < -0.39 is 0 Å². The highest BCUT2D eigenvalue weighted by Crippen LogP contribution is 2.40. The SMILES string of the molecule is CC(C)=CCC/C(C)=C/CCC(C)CCCC(C)CCC/C(C)=C/CCC(C)CCCC(C)CCc1c(C)c(O)c2ccccc2c1O. The molecule has 0 amide bonds. The van der Waals surface area contributed by atoms with Crippen LogP contribution in [-0.2, 0) is 6.42 Å². The molecule has 2 nitrogen and oxygen atoms in total. The van der Waals surface area contributed by atoms with Gasteiger partial charge in [-0.15, -0.1) is 0 Å². The fourth-order valence-corrected chi connectivity index (χ4v) is 7.24. The average Bonchev–Trinajstić information content (AvgIpc) is 3.03. The number of hydrogen-bond acceptors (Lipinski definition) is 2. The maximum atomic E-state index is 10.9. The zero-order valence-corrected chi connectivity index (χ0v) is 32.8. The molecule has 2 aromatic rings. The third-order valence-corrected chi connectivity index (χ3v) is 10.9. The molecule has 4 unspecified atom stereocenters. The zero-order chi connectivity index (χ0) is 35.5. The maximum absolute atomic E-state index is 10.9. The normalized spacial score (nSPS) is 15.0. The first-order valence-electron chi connectivity index (χ1n) is 19.8. The lowest BCUT2D eigenvalue weighted by atomic mass is 9.90. The van der Waals surface area contributed by atoms with Crippen molar-refractivity contribution in [1.82, 2.24) is 0 Å². The molecule has 48 heavy (non-hydrogen) atoms. The predicted octanol–water partition coefficient (Wildman–Crippen LogP) is 14.7. The third kappa shape index (κ3) is 16.3. The molecule has 0 saturated heterocycles. The Hall–Kier alpha value is -2.48. The van der Waals surface area contributed by atoms with Crippen LogP contribution in [0, 0.1) is 30.6 Å². The average molecular weight is 659 g/mol. The molecule has 0 spiro atoms. The molecule has 2 heteroatoms. The van der Waals surface area contributed by atoms with Crippen LogP contribution in [0.25, 0.3) is 10.8 Å². The van der Waals surface area contributed by atoms with Gasteiger partial charge in [-0.1, -0.05) is 132 Å². The van der Waals surface area contributed by atoms with Crippen molar-refractivity contribution in [3.63, 3.8) is 0 Å². The first-order chi connectivity index (χ1) is 22.9. The van der Waals surface area contributed by atoms with Crippen molar-refractivity contribution >= 4 is 10.8 Å². The Morgan fingerprint density at radius 2 is 1.02 bits per heavy atom. The van der Waals surface area contributed by atoms with Gasteiger partial charge >= 0.3 is 0 Å². The van der Waals surface area contributed by atoms with Gasteiger partial charge in [-0.2, -0.15) is 0 Å². The van der Waals surface area contributed by atoms with Crippen LogP contribution in [0.3, 0.4) is 0 Å². The maximum Gasteiger partial charge on any atom is 0.127 e. The van der Waals surface area contributed by atoms with Crippen molar-refractivity contribution < 1.29 is 10.2 Å². The fourth-order valence-electron chi connectivity index (χ4n) is 7.24. The van der Waals surface area contributed by atoms with Gasteiger partial charge in [-0.05, 0) is 128 Å². The van der Waals surface area contributed by atoms with E-state index in [1.807, 2.05) is 31.2 Å². The van der Waals surface area contributed by atoms with E-state index in [4.69, 9.17) is 0 Å². The summed E-state index contributed by atoms with van der Waals surface area (Å²) in [5.41, 5.74) is 6.29. The topological polar surface area (TPSA) is 40.5 Å². The Kier molecular flexibility index (Phi) is 20.0. The molecule has 270 valence electrons. The van der Waals surface area contributed by atoms with Crippen LogP contribution < -0.4 is 0 Å². The lowest BCUT2D eigenvalue weighted by Gasteiger charge is -2.17. The van der Waals surface area contributed by atoms with Gasteiger partial charge in [-0.25, -0.2) is 0 Å². The van der Waals surface area contributed by atoms with E-state index in [-0.39, 0.29) is 0 Å². The van der Waals surface area contributed by atoms with Gasteiger partial charge in [-0.3, -0.25) is 0 Å². The number of benzene rings is 2. The van der Waals surface area contributed by atoms with Crippen LogP contribution in [0.5, 0.6) is 11.5 Å². The molecule has 0 radical (unpaired) electrons. The van der Waals surface area contributed by atoms with Crippen LogP contribution in [0.2, 0.25) is 0 Å². The summed E-state index contributed by atoms with van der Waals surface area (Å²) in [4.78, 5) is 0. The van der Waals surface area contributed by atoms with E-state index >= 15 is 0 Å². The number of rotatable bonds is 24. The fraction of sp³-hybridized carbons (Fsp3) is 0.652. The second kappa shape index (κ2) is 23.0. The second-order valence-corrected chi connectivity index (χ2v) is 16.1. The molecule has 0 bridgehead atoms. The molecule has 0 aliphatic rings. The van der Waals surface area contributed by atoms with Gasteiger partial charge in [0.2, 0.25) is 0 Å². The Balaban J connectivity index is 1.53. The molecule has 0 heterocycles. The van der Waals surface area contributed by atoms with Crippen molar-refractivity contribution in [3.8, 4) is 11.5 Å². The van der Waals surface area contributed by atoms with E-state index in [0.29, 0.717) is 17.4 Å². The lowest BCUT2D eigenvalue weighted by molar-refractivity contribution is 0.406. The minimum atomic E-state index is 0.311. The molecular formula is C46H74O2. The highest BCUT2D eigenvalue weighted by atomic mass is 16.3. The van der Waals surface area contributed by atoms with Crippen LogP contribution in [0.15, 0.2) is 59.2 Å². The molecule has 0 saturated carbocycles. The van der Waals surface area contributed by atoms with E-state index in [1.165, 1.54) is 102 Å². The van der Waals surface area contributed by atoms with Gasteiger partial charge in [0.05, 0.1) is 0 Å². The third-order valence-electron chi connectivity index (χ3n) is 10.9. The minimum Gasteiger partial charge on any atom is -0.507 e. The van der Waals surface area contributed by atoms with Crippen molar-refractivity contribution in [1.29, 1.82) is 0 Å². The van der Waals surface area contributed by atoms with Gasteiger partial charge < -0.3 is 10.2 Å². The predicted molar refractivity (Wildman–Crippen MR) is 213 cm³/mol. The Morgan fingerprint density at radius 3 is 1.56 bits per heavy atom. The lowest BCUT2D eigenvalue weighted by Crippen LogP contribution is -2.02. The molecule has 2 aromatic carbocycles. The van der Waals surface area contributed by atoms with Gasteiger partial charge in [0.1, 0.15) is 11.5 Å². The van der Waals surface area contributed by atoms with Crippen LogP contribution >= 0.6 is 0 Å². The zero-order valence-electron chi connectivity index (χ0n) is 32.8. The van der Waals surface area contributed by atoms with Crippen molar-refractivity contribution in [2.45, 2.75) is 171 Å². The monoisotopic (exact) mass is 659 g/mol.